The summed E-state index contributed by atoms with van der Waals surface area (Å²) < 4.78 is 26.9. The van der Waals surface area contributed by atoms with Gasteiger partial charge in [-0.15, -0.1) is 24.0 Å². The van der Waals surface area contributed by atoms with Crippen molar-refractivity contribution in [1.29, 1.82) is 0 Å². The first-order valence-corrected chi connectivity index (χ1v) is 11.8. The number of pyridine rings is 1. The number of aliphatic hydroxyl groups is 1. The van der Waals surface area contributed by atoms with Crippen molar-refractivity contribution in [2.75, 3.05) is 26.2 Å². The first kappa shape index (κ1) is 28.3. The second-order valence-electron chi connectivity index (χ2n) is 8.12. The second-order valence-corrected chi connectivity index (χ2v) is 9.89. The molecular formula is C22H34IN5O3S. The minimum absolute atomic E-state index is 0. The molecule has 0 radical (unpaired) electrons. The lowest BCUT2D eigenvalue weighted by Gasteiger charge is -2.20. The van der Waals surface area contributed by atoms with Crippen LogP contribution in [0.4, 0.5) is 0 Å². The fourth-order valence-electron chi connectivity index (χ4n) is 2.79. The standard InChI is InChI=1S/C22H33N5O3S.HI/c1-5-24-21(25-13-14-27-31(29,30)19-7-6-12-23-15-19)26-16-20(28)17-8-10-18(11-9-17)22(2,3)4;/h6-12,15,20,27-28H,5,13-14,16H2,1-4H3,(H2,24,25,26);1H. The zero-order valence-electron chi connectivity index (χ0n) is 19.0. The molecule has 1 heterocycles. The highest BCUT2D eigenvalue weighted by Gasteiger charge is 2.15. The van der Waals surface area contributed by atoms with E-state index < -0.39 is 16.1 Å². The number of aliphatic hydroxyl groups excluding tert-OH is 1. The summed E-state index contributed by atoms with van der Waals surface area (Å²) in [6.45, 7) is 9.72. The molecule has 0 aliphatic carbocycles. The Labute approximate surface area is 208 Å². The Morgan fingerprint density at radius 1 is 1.12 bits per heavy atom. The molecule has 0 saturated heterocycles. The summed E-state index contributed by atoms with van der Waals surface area (Å²) in [6.07, 6.45) is 2.10. The normalized spacial score (nSPS) is 13.2. The Balaban J connectivity index is 0.00000512. The van der Waals surface area contributed by atoms with Gasteiger partial charge in [0.25, 0.3) is 0 Å². The van der Waals surface area contributed by atoms with Gasteiger partial charge < -0.3 is 15.7 Å². The minimum atomic E-state index is -3.60. The Morgan fingerprint density at radius 3 is 2.38 bits per heavy atom. The molecule has 2 rings (SSSR count). The first-order chi connectivity index (χ1) is 14.6. The van der Waals surface area contributed by atoms with Gasteiger partial charge in [0.1, 0.15) is 4.90 Å². The molecule has 0 bridgehead atoms. The number of nitrogens with one attached hydrogen (secondary N) is 3. The fraction of sp³-hybridized carbons (Fsp3) is 0.455. The Hall–Kier alpha value is -1.76. The number of sulfonamides is 1. The predicted octanol–water partition coefficient (Wildman–Crippen LogP) is 2.56. The van der Waals surface area contributed by atoms with Gasteiger partial charge in [0.05, 0.1) is 12.6 Å². The van der Waals surface area contributed by atoms with Gasteiger partial charge >= 0.3 is 0 Å². The molecule has 178 valence electrons. The fourth-order valence-corrected chi connectivity index (χ4v) is 3.78. The quantitative estimate of drug-likeness (QED) is 0.158. The molecule has 10 heteroatoms. The van der Waals surface area contributed by atoms with E-state index in [4.69, 9.17) is 0 Å². The van der Waals surface area contributed by atoms with Crippen LogP contribution in [0.5, 0.6) is 0 Å². The van der Waals surface area contributed by atoms with Gasteiger partial charge in [-0.2, -0.15) is 0 Å². The van der Waals surface area contributed by atoms with Gasteiger partial charge in [0, 0.05) is 32.0 Å². The summed E-state index contributed by atoms with van der Waals surface area (Å²) >= 11 is 0. The highest BCUT2D eigenvalue weighted by Crippen LogP contribution is 2.24. The van der Waals surface area contributed by atoms with Crippen LogP contribution in [0.1, 0.15) is 44.9 Å². The molecule has 0 aliphatic rings. The van der Waals surface area contributed by atoms with E-state index in [-0.39, 0.29) is 47.4 Å². The number of rotatable bonds is 9. The molecule has 1 unspecified atom stereocenters. The molecule has 1 aromatic carbocycles. The number of hydrogen-bond acceptors (Lipinski definition) is 5. The number of guanidine groups is 1. The van der Waals surface area contributed by atoms with Crippen molar-refractivity contribution in [3.8, 4) is 0 Å². The van der Waals surface area contributed by atoms with E-state index in [0.717, 1.165) is 5.56 Å². The van der Waals surface area contributed by atoms with Crippen molar-refractivity contribution >= 4 is 40.0 Å². The molecule has 32 heavy (non-hydrogen) atoms. The number of nitrogens with zero attached hydrogens (tertiary/aromatic N) is 2. The zero-order chi connectivity index (χ0) is 22.9. The van der Waals surface area contributed by atoms with Crippen LogP contribution in [0.15, 0.2) is 58.7 Å². The summed E-state index contributed by atoms with van der Waals surface area (Å²) in [7, 11) is -3.60. The van der Waals surface area contributed by atoms with Crippen LogP contribution in [0.25, 0.3) is 0 Å². The van der Waals surface area contributed by atoms with Crippen LogP contribution in [-0.4, -0.2) is 50.6 Å². The number of halogens is 1. The second kappa shape index (κ2) is 13.1. The van der Waals surface area contributed by atoms with Gasteiger partial charge in [0.15, 0.2) is 5.96 Å². The third-order valence-electron chi connectivity index (χ3n) is 4.58. The number of aliphatic imine (C=N–C) groups is 1. The van der Waals surface area contributed by atoms with Crippen molar-refractivity contribution in [2.24, 2.45) is 4.99 Å². The lowest BCUT2D eigenvalue weighted by molar-refractivity contribution is 0.187. The molecule has 0 spiro atoms. The maximum absolute atomic E-state index is 12.2. The number of benzene rings is 1. The van der Waals surface area contributed by atoms with Gasteiger partial charge in [0.2, 0.25) is 10.0 Å². The maximum Gasteiger partial charge on any atom is 0.242 e. The summed E-state index contributed by atoms with van der Waals surface area (Å²) in [6, 6.07) is 11.0. The van der Waals surface area contributed by atoms with Crippen molar-refractivity contribution < 1.29 is 13.5 Å². The molecule has 2 aromatic rings. The lowest BCUT2D eigenvalue weighted by Crippen LogP contribution is -2.41. The molecule has 0 aliphatic heterocycles. The molecular weight excluding hydrogens is 541 g/mol. The largest absolute Gasteiger partial charge is 0.386 e. The van der Waals surface area contributed by atoms with Crippen LogP contribution in [0, 0.1) is 0 Å². The number of hydrogen-bond donors (Lipinski definition) is 4. The number of aromatic nitrogens is 1. The van der Waals surface area contributed by atoms with Crippen LogP contribution in [0.3, 0.4) is 0 Å². The van der Waals surface area contributed by atoms with Crippen LogP contribution >= 0.6 is 24.0 Å². The van der Waals surface area contributed by atoms with E-state index in [2.05, 4.69) is 46.1 Å². The van der Waals surface area contributed by atoms with Gasteiger partial charge in [-0.3, -0.25) is 9.98 Å². The van der Waals surface area contributed by atoms with E-state index in [1.807, 2.05) is 31.2 Å². The topological polar surface area (TPSA) is 116 Å². The summed E-state index contributed by atoms with van der Waals surface area (Å²) in [5.41, 5.74) is 2.06. The summed E-state index contributed by atoms with van der Waals surface area (Å²) in [5, 5.41) is 16.6. The molecule has 0 amide bonds. The molecule has 0 saturated carbocycles. The van der Waals surface area contributed by atoms with E-state index in [1.54, 1.807) is 6.07 Å². The minimum Gasteiger partial charge on any atom is -0.386 e. The van der Waals surface area contributed by atoms with E-state index in [1.165, 1.54) is 24.0 Å². The predicted molar refractivity (Wildman–Crippen MR) is 139 cm³/mol. The first-order valence-electron chi connectivity index (χ1n) is 10.3. The Bertz CT molecular complexity index is 946. The lowest BCUT2D eigenvalue weighted by atomic mass is 9.86. The molecule has 1 atom stereocenters. The SMILES string of the molecule is CCNC(=NCC(O)c1ccc(C(C)(C)C)cc1)NCCNS(=O)(=O)c1cccnc1.I. The maximum atomic E-state index is 12.2. The van der Waals surface area contributed by atoms with Crippen molar-refractivity contribution in [3.63, 3.8) is 0 Å². The smallest absolute Gasteiger partial charge is 0.242 e. The van der Waals surface area contributed by atoms with Crippen molar-refractivity contribution in [3.05, 3.63) is 59.9 Å². The van der Waals surface area contributed by atoms with Crippen LogP contribution in [0.2, 0.25) is 0 Å². The molecule has 1 aromatic heterocycles. The highest BCUT2D eigenvalue weighted by atomic mass is 127. The van der Waals surface area contributed by atoms with Gasteiger partial charge in [-0.05, 0) is 35.6 Å². The zero-order valence-corrected chi connectivity index (χ0v) is 22.1. The highest BCUT2D eigenvalue weighted by molar-refractivity contribution is 14.0. The monoisotopic (exact) mass is 575 g/mol. The molecule has 8 nitrogen and oxygen atoms in total. The Morgan fingerprint density at radius 2 is 1.81 bits per heavy atom. The van der Waals surface area contributed by atoms with E-state index in [0.29, 0.717) is 19.0 Å². The average Bonchev–Trinajstić information content (AvgIpc) is 2.74. The summed E-state index contributed by atoms with van der Waals surface area (Å²) in [4.78, 5) is 8.36. The van der Waals surface area contributed by atoms with Crippen molar-refractivity contribution in [1.82, 2.24) is 20.3 Å². The van der Waals surface area contributed by atoms with Gasteiger partial charge in [-0.25, -0.2) is 13.1 Å². The molecule has 0 fully saturated rings. The van der Waals surface area contributed by atoms with E-state index in [9.17, 15) is 13.5 Å². The summed E-state index contributed by atoms with van der Waals surface area (Å²) in [5.74, 6) is 0.508. The van der Waals surface area contributed by atoms with Crippen LogP contribution < -0.4 is 15.4 Å². The Kier molecular flexibility index (Phi) is 11.5. The van der Waals surface area contributed by atoms with E-state index >= 15 is 0 Å². The third-order valence-corrected chi connectivity index (χ3v) is 6.03. The third kappa shape index (κ3) is 9.00. The van der Waals surface area contributed by atoms with Crippen molar-refractivity contribution in [2.45, 2.75) is 44.1 Å². The van der Waals surface area contributed by atoms with Gasteiger partial charge in [-0.1, -0.05) is 45.0 Å². The molecule has 4 N–H and O–H groups in total. The van der Waals surface area contributed by atoms with Crippen LogP contribution in [-0.2, 0) is 15.4 Å². The average molecular weight is 576 g/mol.